The van der Waals surface area contributed by atoms with Gasteiger partial charge in [0.2, 0.25) is 0 Å². The van der Waals surface area contributed by atoms with Crippen molar-refractivity contribution in [3.05, 3.63) is 0 Å². The number of hydrogen-bond acceptors (Lipinski definition) is 4. The van der Waals surface area contributed by atoms with E-state index in [4.69, 9.17) is 19.4 Å². The molecular formula is C6H14O7P2. The Balaban J connectivity index is 2.30. The Morgan fingerprint density at radius 3 is 2.33 bits per heavy atom. The molecule has 1 rings (SSSR count). The van der Waals surface area contributed by atoms with Gasteiger partial charge in [-0.25, -0.2) is 0 Å². The van der Waals surface area contributed by atoms with Gasteiger partial charge < -0.3 is 23.9 Å². The first kappa shape index (κ1) is 13.3. The molecule has 1 aliphatic rings. The zero-order valence-electron chi connectivity index (χ0n) is 8.20. The molecule has 1 heterocycles. The highest BCUT2D eigenvalue weighted by atomic mass is 31.2. The predicted molar refractivity (Wildman–Crippen MR) is 51.7 cm³/mol. The lowest BCUT2D eigenvalue weighted by Crippen LogP contribution is -2.09. The molecule has 0 aromatic heterocycles. The summed E-state index contributed by atoms with van der Waals surface area (Å²) in [7, 11) is -8.71. The van der Waals surface area contributed by atoms with Crippen molar-refractivity contribution < 1.29 is 33.1 Å². The number of ether oxygens (including phenoxy) is 1. The summed E-state index contributed by atoms with van der Waals surface area (Å²) in [6, 6.07) is 0. The molecule has 1 aliphatic heterocycles. The molecule has 2 unspecified atom stereocenters. The topological polar surface area (TPSA) is 117 Å². The van der Waals surface area contributed by atoms with Crippen LogP contribution in [0.2, 0.25) is 0 Å². The van der Waals surface area contributed by atoms with Crippen molar-refractivity contribution in [3.63, 3.8) is 0 Å². The molecule has 9 heteroatoms. The van der Waals surface area contributed by atoms with Crippen molar-refractivity contribution in [2.45, 2.75) is 18.9 Å². The third-order valence-electron chi connectivity index (χ3n) is 1.92. The summed E-state index contributed by atoms with van der Waals surface area (Å²) in [6.07, 6.45) is 0.429. The maximum absolute atomic E-state index is 11.1. The van der Waals surface area contributed by atoms with E-state index in [-0.39, 0.29) is 12.2 Å². The van der Waals surface area contributed by atoms with E-state index in [1.165, 1.54) is 0 Å². The lowest BCUT2D eigenvalue weighted by atomic mass is 10.1. The molecule has 0 radical (unpaired) electrons. The Labute approximate surface area is 87.1 Å². The fraction of sp³-hybridized carbons (Fsp3) is 1.00. The number of hydrogen-bond donors (Lipinski definition) is 3. The lowest BCUT2D eigenvalue weighted by Gasteiger charge is -2.13. The van der Waals surface area contributed by atoms with Crippen LogP contribution in [-0.4, -0.2) is 39.4 Å². The van der Waals surface area contributed by atoms with Gasteiger partial charge >= 0.3 is 15.2 Å². The van der Waals surface area contributed by atoms with E-state index in [0.717, 1.165) is 0 Å². The second-order valence-corrected chi connectivity index (χ2v) is 7.76. The molecular weight excluding hydrogens is 246 g/mol. The molecule has 3 N–H and O–H groups in total. The van der Waals surface area contributed by atoms with Crippen LogP contribution in [0.1, 0.15) is 13.3 Å². The Bertz CT molecular complexity index is 317. The summed E-state index contributed by atoms with van der Waals surface area (Å²) in [6.45, 7) is 2.34. The maximum atomic E-state index is 11.1. The van der Waals surface area contributed by atoms with E-state index in [1.54, 1.807) is 0 Å². The molecule has 0 amide bonds. The van der Waals surface area contributed by atoms with Gasteiger partial charge in [-0.15, -0.1) is 0 Å². The molecule has 0 spiro atoms. The van der Waals surface area contributed by atoms with Crippen LogP contribution in [-0.2, 0) is 18.4 Å². The average Bonchev–Trinajstić information content (AvgIpc) is 2.61. The monoisotopic (exact) mass is 260 g/mol. The van der Waals surface area contributed by atoms with Gasteiger partial charge in [-0.2, -0.15) is 0 Å². The largest absolute Gasteiger partial charge is 0.370 e. The van der Waals surface area contributed by atoms with Crippen molar-refractivity contribution in [3.8, 4) is 0 Å². The molecule has 15 heavy (non-hydrogen) atoms. The van der Waals surface area contributed by atoms with Crippen LogP contribution in [0.3, 0.4) is 0 Å². The van der Waals surface area contributed by atoms with Crippen LogP contribution in [0.5, 0.6) is 0 Å². The fourth-order valence-corrected chi connectivity index (χ4v) is 3.51. The third kappa shape index (κ3) is 5.78. The third-order valence-corrected chi connectivity index (χ3v) is 5.41. The normalized spacial score (nSPS) is 29.9. The average molecular weight is 260 g/mol. The van der Waals surface area contributed by atoms with Gasteiger partial charge in [0, 0.05) is 6.42 Å². The van der Waals surface area contributed by atoms with Crippen LogP contribution >= 0.6 is 15.2 Å². The van der Waals surface area contributed by atoms with Gasteiger partial charge in [0.15, 0.2) is 5.90 Å². The first-order chi connectivity index (χ1) is 6.62. The lowest BCUT2D eigenvalue weighted by molar-refractivity contribution is 0.217. The van der Waals surface area contributed by atoms with E-state index in [2.05, 4.69) is 4.52 Å². The zero-order chi connectivity index (χ0) is 11.7. The molecule has 1 fully saturated rings. The molecule has 0 saturated carbocycles. The van der Waals surface area contributed by atoms with E-state index >= 15 is 0 Å². The minimum absolute atomic E-state index is 0.0513. The molecule has 0 aromatic rings. The van der Waals surface area contributed by atoms with Crippen LogP contribution < -0.4 is 0 Å². The van der Waals surface area contributed by atoms with Crippen LogP contribution in [0.25, 0.3) is 0 Å². The van der Waals surface area contributed by atoms with Crippen LogP contribution in [0.15, 0.2) is 0 Å². The van der Waals surface area contributed by atoms with Crippen molar-refractivity contribution in [1.29, 1.82) is 0 Å². The number of epoxide rings is 1. The maximum Gasteiger partial charge on any atom is 0.340 e. The molecule has 90 valence electrons. The van der Waals surface area contributed by atoms with Crippen molar-refractivity contribution in [2.24, 2.45) is 0 Å². The highest BCUT2D eigenvalue weighted by molar-refractivity contribution is 7.70. The minimum atomic E-state index is -4.52. The van der Waals surface area contributed by atoms with Gasteiger partial charge in [-0.1, -0.05) is 0 Å². The Hall–Kier alpha value is 0.260. The van der Waals surface area contributed by atoms with Gasteiger partial charge in [0.1, 0.15) is 0 Å². The quantitative estimate of drug-likeness (QED) is 0.470. The molecule has 2 atom stereocenters. The van der Waals surface area contributed by atoms with Crippen molar-refractivity contribution >= 4 is 15.2 Å². The smallest absolute Gasteiger partial charge is 0.340 e. The molecule has 1 saturated heterocycles. The Morgan fingerprint density at radius 1 is 1.40 bits per heavy atom. The fourth-order valence-electron chi connectivity index (χ4n) is 0.945. The Morgan fingerprint density at radius 2 is 1.93 bits per heavy atom. The van der Waals surface area contributed by atoms with Crippen LogP contribution in [0.4, 0.5) is 0 Å². The number of rotatable bonds is 6. The second kappa shape index (κ2) is 4.26. The first-order valence-electron chi connectivity index (χ1n) is 4.27. The minimum Gasteiger partial charge on any atom is -0.370 e. The highest BCUT2D eigenvalue weighted by Crippen LogP contribution is 2.55. The van der Waals surface area contributed by atoms with Crippen molar-refractivity contribution in [1.82, 2.24) is 0 Å². The van der Waals surface area contributed by atoms with Gasteiger partial charge in [0.05, 0.1) is 18.8 Å². The van der Waals surface area contributed by atoms with Gasteiger partial charge in [-0.05, 0) is 6.92 Å². The first-order valence-corrected chi connectivity index (χ1v) is 7.83. The van der Waals surface area contributed by atoms with Gasteiger partial charge in [-0.3, -0.25) is 9.13 Å². The summed E-state index contributed by atoms with van der Waals surface area (Å²) >= 11 is 0. The van der Waals surface area contributed by atoms with E-state index in [0.29, 0.717) is 13.0 Å². The summed E-state index contributed by atoms with van der Waals surface area (Å²) < 4.78 is 31.2. The van der Waals surface area contributed by atoms with E-state index < -0.39 is 21.1 Å². The second-order valence-electron chi connectivity index (χ2n) is 3.77. The molecule has 0 bridgehead atoms. The van der Waals surface area contributed by atoms with E-state index in [1.807, 2.05) is 6.92 Å². The summed E-state index contributed by atoms with van der Waals surface area (Å²) in [5.41, 5.74) is -0.303. The Kier molecular flexibility index (Phi) is 3.78. The SMILES string of the molecule is CC1(CCOP(=O)(O)CP(=O)(O)O)CO1. The van der Waals surface area contributed by atoms with Gasteiger partial charge in [0.25, 0.3) is 0 Å². The van der Waals surface area contributed by atoms with E-state index in [9.17, 15) is 9.13 Å². The molecule has 7 nitrogen and oxygen atoms in total. The highest BCUT2D eigenvalue weighted by Gasteiger charge is 2.39. The summed E-state index contributed by atoms with van der Waals surface area (Å²) in [5.74, 6) is -1.14. The van der Waals surface area contributed by atoms with Crippen LogP contribution in [0, 0.1) is 0 Å². The van der Waals surface area contributed by atoms with Crippen molar-refractivity contribution in [2.75, 3.05) is 19.1 Å². The summed E-state index contributed by atoms with van der Waals surface area (Å²) in [5, 5.41) is 0. The standard InChI is InChI=1S/C6H14O7P2/c1-6(4-12-6)2-3-13-15(10,11)5-14(7,8)9/h2-5H2,1H3,(H,10,11)(H2,7,8,9). The zero-order valence-corrected chi connectivity index (χ0v) is 9.99. The predicted octanol–water partition coefficient (Wildman–Crippen LogP) is 0.503. The molecule has 0 aliphatic carbocycles. The summed E-state index contributed by atoms with van der Waals surface area (Å²) in [4.78, 5) is 26.1. The molecule has 0 aromatic carbocycles.